The van der Waals surface area contributed by atoms with Crippen LogP contribution in [0.5, 0.6) is 5.75 Å². The largest absolute Gasteiger partial charge is 0.493 e. The van der Waals surface area contributed by atoms with Crippen LogP contribution in [-0.2, 0) is 22.6 Å². The Balaban J connectivity index is 0.741. The third-order valence-electron chi connectivity index (χ3n) is 10.9. The predicted molar refractivity (Wildman–Crippen MR) is 220 cm³/mol. The quantitative estimate of drug-likeness (QED) is 0.0787. The van der Waals surface area contributed by atoms with Crippen LogP contribution >= 0.6 is 23.2 Å². The summed E-state index contributed by atoms with van der Waals surface area (Å²) in [7, 11) is 0. The topological polar surface area (TPSA) is 214 Å². The number of rotatable bonds is 18. The summed E-state index contributed by atoms with van der Waals surface area (Å²) in [5, 5.41) is 23.6. The van der Waals surface area contributed by atoms with Crippen molar-refractivity contribution in [2.45, 2.75) is 89.3 Å². The summed E-state index contributed by atoms with van der Waals surface area (Å²) in [6.07, 6.45) is 11.8. The third kappa shape index (κ3) is 10.0. The predicted octanol–water partition coefficient (Wildman–Crippen LogP) is 4.82. The normalized spacial score (nSPS) is 17.2. The molecule has 1 unspecified atom stereocenters. The van der Waals surface area contributed by atoms with Crippen LogP contribution in [0.15, 0.2) is 48.8 Å². The van der Waals surface area contributed by atoms with Gasteiger partial charge in [-0.1, -0.05) is 53.4 Å². The molecule has 1 atom stereocenters. The number of H-pyrrole nitrogens is 1. The molecule has 7 rings (SSSR count). The van der Waals surface area contributed by atoms with Crippen LogP contribution in [0, 0.1) is 0 Å². The van der Waals surface area contributed by atoms with E-state index in [0.29, 0.717) is 25.3 Å². The zero-order valence-electron chi connectivity index (χ0n) is 32.9. The highest BCUT2D eigenvalue weighted by Gasteiger charge is 2.46. The summed E-state index contributed by atoms with van der Waals surface area (Å²) < 4.78 is 7.76. The number of aromatic nitrogens is 5. The van der Waals surface area contributed by atoms with E-state index in [1.165, 1.54) is 6.20 Å². The summed E-state index contributed by atoms with van der Waals surface area (Å²) in [5.41, 5.74) is 1.81. The molecule has 17 nitrogen and oxygen atoms in total. The molecule has 316 valence electrons. The van der Waals surface area contributed by atoms with Crippen molar-refractivity contribution in [2.24, 2.45) is 0 Å². The number of halogens is 2. The number of fused-ring (bicyclic) bond motifs is 1. The number of hydrogen-bond donors (Lipinski definition) is 4. The van der Waals surface area contributed by atoms with Gasteiger partial charge in [0.15, 0.2) is 0 Å². The molecule has 60 heavy (non-hydrogen) atoms. The molecule has 3 aliphatic heterocycles. The van der Waals surface area contributed by atoms with Crippen LogP contribution in [0.1, 0.15) is 111 Å². The Kier molecular flexibility index (Phi) is 13.9. The first-order valence-corrected chi connectivity index (χ1v) is 21.0. The molecule has 4 N–H and O–H groups in total. The highest BCUT2D eigenvalue weighted by atomic mass is 35.5. The smallest absolute Gasteiger partial charge is 0.271 e. The maximum Gasteiger partial charge on any atom is 0.271 e. The van der Waals surface area contributed by atoms with Gasteiger partial charge in [-0.2, -0.15) is 5.10 Å². The van der Waals surface area contributed by atoms with Crippen molar-refractivity contribution in [1.82, 2.24) is 45.6 Å². The van der Waals surface area contributed by atoms with Gasteiger partial charge in [-0.3, -0.25) is 48.8 Å². The minimum Gasteiger partial charge on any atom is -0.493 e. The zero-order chi connectivity index (χ0) is 42.2. The summed E-state index contributed by atoms with van der Waals surface area (Å²) >= 11 is 12.3. The highest BCUT2D eigenvalue weighted by molar-refractivity contribution is 6.40. The fourth-order valence-corrected chi connectivity index (χ4v) is 8.30. The number of amides is 6. The number of benzene rings is 2. The molecular formula is C41H46Cl2N10O7. The first kappa shape index (κ1) is 42.5. The summed E-state index contributed by atoms with van der Waals surface area (Å²) in [5.74, 6) is -2.81. The van der Waals surface area contributed by atoms with E-state index in [1.54, 1.807) is 36.4 Å². The molecule has 3 aliphatic rings. The molecule has 19 heteroatoms. The van der Waals surface area contributed by atoms with Gasteiger partial charge in [0.2, 0.25) is 11.8 Å². The number of carbonyl (C=O) groups excluding carboxylic acids is 6. The van der Waals surface area contributed by atoms with Gasteiger partial charge >= 0.3 is 0 Å². The van der Waals surface area contributed by atoms with Crippen LogP contribution in [0.25, 0.3) is 0 Å². The first-order valence-electron chi connectivity index (χ1n) is 20.3. The van der Waals surface area contributed by atoms with Gasteiger partial charge in [-0.25, -0.2) is 0 Å². The molecule has 0 spiro atoms. The van der Waals surface area contributed by atoms with E-state index in [4.69, 9.17) is 27.9 Å². The Morgan fingerprint density at radius 2 is 1.62 bits per heavy atom. The van der Waals surface area contributed by atoms with Crippen molar-refractivity contribution in [3.05, 3.63) is 86.9 Å². The van der Waals surface area contributed by atoms with Crippen LogP contribution in [0.4, 0.5) is 5.69 Å². The number of nitrogens with zero attached hydrogens (tertiary/aromatic N) is 6. The van der Waals surface area contributed by atoms with Crippen molar-refractivity contribution in [3.8, 4) is 5.75 Å². The van der Waals surface area contributed by atoms with Crippen LogP contribution in [-0.4, -0.2) is 109 Å². The minimum absolute atomic E-state index is 0.0112. The van der Waals surface area contributed by atoms with E-state index in [2.05, 4.69) is 41.4 Å². The molecule has 0 bridgehead atoms. The van der Waals surface area contributed by atoms with Crippen molar-refractivity contribution < 1.29 is 33.5 Å². The van der Waals surface area contributed by atoms with Crippen LogP contribution in [0.3, 0.4) is 0 Å². The van der Waals surface area contributed by atoms with E-state index in [0.717, 1.165) is 81.6 Å². The number of hydrogen-bond acceptors (Lipinski definition) is 11. The molecule has 0 saturated carbocycles. The number of likely N-dealkylation sites (tertiary alicyclic amines) is 1. The Morgan fingerprint density at radius 1 is 0.867 bits per heavy atom. The molecule has 2 aromatic carbocycles. The van der Waals surface area contributed by atoms with E-state index in [9.17, 15) is 28.8 Å². The SMILES string of the molecule is O=C1CCC(N2C(=O)c3cccc(OCCCCn4cc(CCCCCCN5CCC(NC(=O)c6[nH]ncc6NC(=O)c6c(Cl)cccc6Cl)CC5)nn4)c3C2=O)C(=O)N1. The Labute approximate surface area is 355 Å². The van der Waals surface area contributed by atoms with Gasteiger partial charge in [0.25, 0.3) is 23.6 Å². The Bertz CT molecular complexity index is 2230. The molecule has 2 fully saturated rings. The van der Waals surface area contributed by atoms with Gasteiger partial charge in [-0.15, -0.1) is 5.10 Å². The van der Waals surface area contributed by atoms with Gasteiger partial charge in [0, 0.05) is 38.3 Å². The number of unbranched alkanes of at least 4 members (excludes halogenated alkanes) is 4. The van der Waals surface area contributed by atoms with E-state index < -0.39 is 35.6 Å². The standard InChI is InChI=1S/C41H46Cl2N10O7/c42-28-11-8-12-29(43)35(28)38(56)46-30-23-44-49-36(30)39(57)45-25-16-20-51(21-17-25)18-4-2-1-3-9-26-24-52(50-48-26)19-5-6-22-60-32-13-7-10-27-34(32)41(59)53(40(27)58)31-14-15-33(54)47-37(31)55/h7-8,10-13,23-25,31H,1-6,9,14-22H2,(H,44,49)(H,45,57)(H,46,56)(H,47,54,55). The second kappa shape index (κ2) is 19.6. The second-order valence-corrected chi connectivity index (χ2v) is 15.9. The molecule has 0 aliphatic carbocycles. The van der Waals surface area contributed by atoms with Crippen molar-refractivity contribution in [2.75, 3.05) is 31.6 Å². The Morgan fingerprint density at radius 3 is 2.40 bits per heavy atom. The molecule has 2 saturated heterocycles. The van der Waals surface area contributed by atoms with Crippen molar-refractivity contribution >= 4 is 64.3 Å². The fourth-order valence-electron chi connectivity index (χ4n) is 7.73. The van der Waals surface area contributed by atoms with Crippen molar-refractivity contribution in [3.63, 3.8) is 0 Å². The van der Waals surface area contributed by atoms with Crippen LogP contribution < -0.4 is 20.7 Å². The molecular weight excluding hydrogens is 815 g/mol. The van der Waals surface area contributed by atoms with E-state index in [1.807, 2.05) is 10.9 Å². The lowest BCUT2D eigenvalue weighted by molar-refractivity contribution is -0.136. The number of aryl methyl sites for hydroxylation is 2. The molecule has 5 heterocycles. The highest BCUT2D eigenvalue weighted by Crippen LogP contribution is 2.34. The van der Waals surface area contributed by atoms with E-state index in [-0.39, 0.29) is 62.9 Å². The fraction of sp³-hybridized carbons (Fsp3) is 0.439. The molecule has 0 radical (unpaired) electrons. The number of imide groups is 2. The maximum atomic E-state index is 13.3. The van der Waals surface area contributed by atoms with Crippen molar-refractivity contribution in [1.29, 1.82) is 0 Å². The molecule has 4 aromatic rings. The van der Waals surface area contributed by atoms with Gasteiger partial charge in [-0.05, 0) is 82.2 Å². The lowest BCUT2D eigenvalue weighted by Crippen LogP contribution is -2.54. The molecule has 2 aromatic heterocycles. The lowest BCUT2D eigenvalue weighted by Gasteiger charge is -2.32. The van der Waals surface area contributed by atoms with E-state index >= 15 is 0 Å². The number of anilines is 1. The molecule has 6 amide bonds. The first-order chi connectivity index (χ1) is 29.1. The number of nitrogens with one attached hydrogen (secondary N) is 4. The second-order valence-electron chi connectivity index (χ2n) is 15.1. The lowest BCUT2D eigenvalue weighted by atomic mass is 10.0. The minimum atomic E-state index is -1.03. The van der Waals surface area contributed by atoms with Gasteiger partial charge in [0.1, 0.15) is 17.5 Å². The number of piperidine rings is 2. The van der Waals surface area contributed by atoms with Crippen LogP contribution in [0.2, 0.25) is 10.0 Å². The third-order valence-corrected chi connectivity index (χ3v) is 11.6. The number of ether oxygens (including phenoxy) is 1. The summed E-state index contributed by atoms with van der Waals surface area (Å²) in [6, 6.07) is 8.60. The maximum absolute atomic E-state index is 13.3. The number of carbonyl (C=O) groups is 6. The zero-order valence-corrected chi connectivity index (χ0v) is 34.4. The van der Waals surface area contributed by atoms with Gasteiger partial charge in [0.05, 0.1) is 50.9 Å². The number of aromatic amines is 1. The Hall–Kier alpha value is -5.65. The van der Waals surface area contributed by atoms with Gasteiger partial charge < -0.3 is 20.3 Å². The summed E-state index contributed by atoms with van der Waals surface area (Å²) in [6.45, 7) is 3.76. The monoisotopic (exact) mass is 860 g/mol. The average Bonchev–Trinajstić information content (AvgIpc) is 3.95. The summed E-state index contributed by atoms with van der Waals surface area (Å²) in [4.78, 5) is 79.6. The average molecular weight is 862 g/mol.